The van der Waals surface area contributed by atoms with E-state index < -0.39 is 10.0 Å². The number of hydrogen-bond acceptors (Lipinski definition) is 3. The van der Waals surface area contributed by atoms with Gasteiger partial charge in [0.1, 0.15) is 5.82 Å². The molecule has 3 rings (SSSR count). The fourth-order valence-electron chi connectivity index (χ4n) is 3.36. The number of sulfonamides is 1. The second-order valence-electron chi connectivity index (χ2n) is 6.59. The minimum absolute atomic E-state index is 0.161. The van der Waals surface area contributed by atoms with Crippen molar-refractivity contribution in [2.45, 2.75) is 25.8 Å². The Balaban J connectivity index is 1.67. The fourth-order valence-corrected chi connectivity index (χ4v) is 4.63. The molecule has 0 aromatic heterocycles. The molecule has 0 aliphatic carbocycles. The number of nitrogens with one attached hydrogen (secondary N) is 1. The number of amides is 1. The van der Waals surface area contributed by atoms with Crippen LogP contribution >= 0.6 is 0 Å². The van der Waals surface area contributed by atoms with Crippen molar-refractivity contribution in [1.29, 1.82) is 0 Å². The number of rotatable bonds is 5. The van der Waals surface area contributed by atoms with Crippen molar-refractivity contribution < 1.29 is 17.6 Å². The van der Waals surface area contributed by atoms with E-state index in [0.717, 1.165) is 11.1 Å². The summed E-state index contributed by atoms with van der Waals surface area (Å²) in [6.07, 6.45) is 2.30. The summed E-state index contributed by atoms with van der Waals surface area (Å²) in [4.78, 5) is 12.3. The van der Waals surface area contributed by atoms with Crippen LogP contribution in [0.15, 0.2) is 42.5 Å². The molecule has 7 heteroatoms. The molecule has 0 fully saturated rings. The molecule has 2 aromatic rings. The zero-order valence-electron chi connectivity index (χ0n) is 14.7. The van der Waals surface area contributed by atoms with Crippen molar-refractivity contribution in [3.63, 3.8) is 0 Å². The van der Waals surface area contributed by atoms with Gasteiger partial charge in [-0.25, -0.2) is 12.8 Å². The van der Waals surface area contributed by atoms with Gasteiger partial charge >= 0.3 is 0 Å². The largest absolute Gasteiger partial charge is 0.352 e. The fraction of sp³-hybridized carbons (Fsp3) is 0.316. The maximum atomic E-state index is 13.2. The van der Waals surface area contributed by atoms with E-state index in [1.54, 1.807) is 24.3 Å². The first-order valence-electron chi connectivity index (χ1n) is 8.40. The molecule has 1 N–H and O–H groups in total. The summed E-state index contributed by atoms with van der Waals surface area (Å²) in [5, 5.41) is 2.82. The van der Waals surface area contributed by atoms with Crippen LogP contribution in [-0.2, 0) is 22.9 Å². The van der Waals surface area contributed by atoms with E-state index in [0.29, 0.717) is 30.6 Å². The monoisotopic (exact) mass is 376 g/mol. The molecule has 2 aromatic carbocycles. The molecular weight excluding hydrogens is 355 g/mol. The summed E-state index contributed by atoms with van der Waals surface area (Å²) in [6.45, 7) is 2.24. The first-order chi connectivity index (χ1) is 12.3. The molecule has 0 spiro atoms. The highest BCUT2D eigenvalue weighted by Crippen LogP contribution is 2.34. The van der Waals surface area contributed by atoms with E-state index in [9.17, 15) is 17.6 Å². The first kappa shape index (κ1) is 18.4. The molecule has 1 heterocycles. The second-order valence-corrected chi connectivity index (χ2v) is 8.45. The quantitative estimate of drug-likeness (QED) is 0.872. The standard InChI is InChI=1S/C19H21FN2O3S/c1-13-10-16-12-15(6-7-18(16)22(13)26(2,24)25)19(23)21-9-8-14-4-3-5-17(20)11-14/h3-7,11-13H,8-10H2,1-2H3,(H,21,23)/t13-/m0/s1. The Kier molecular flexibility index (Phi) is 5.00. The van der Waals surface area contributed by atoms with Crippen LogP contribution in [0.25, 0.3) is 0 Å². The van der Waals surface area contributed by atoms with Crippen LogP contribution in [-0.4, -0.2) is 33.2 Å². The zero-order valence-corrected chi connectivity index (χ0v) is 15.5. The van der Waals surface area contributed by atoms with Gasteiger partial charge in [-0.05, 0) is 61.2 Å². The number of hydrogen-bond donors (Lipinski definition) is 1. The number of carbonyl (C=O) groups excluding carboxylic acids is 1. The Bertz CT molecular complexity index is 944. The van der Waals surface area contributed by atoms with Gasteiger partial charge in [-0.3, -0.25) is 9.10 Å². The SMILES string of the molecule is C[C@H]1Cc2cc(C(=O)NCCc3cccc(F)c3)ccc2N1S(C)(=O)=O. The smallest absolute Gasteiger partial charge is 0.251 e. The number of fused-ring (bicyclic) bond motifs is 1. The lowest BCUT2D eigenvalue weighted by Crippen LogP contribution is -2.34. The Morgan fingerprint density at radius 1 is 1.27 bits per heavy atom. The third-order valence-electron chi connectivity index (χ3n) is 4.44. The van der Waals surface area contributed by atoms with Gasteiger partial charge in [0.05, 0.1) is 11.9 Å². The van der Waals surface area contributed by atoms with Crippen molar-refractivity contribution in [2.75, 3.05) is 17.1 Å². The lowest BCUT2D eigenvalue weighted by atomic mass is 10.1. The van der Waals surface area contributed by atoms with Crippen LogP contribution in [0.3, 0.4) is 0 Å². The van der Waals surface area contributed by atoms with E-state index in [1.807, 2.05) is 13.0 Å². The minimum atomic E-state index is -3.34. The van der Waals surface area contributed by atoms with Crippen molar-refractivity contribution >= 4 is 21.6 Å². The molecule has 1 atom stereocenters. The van der Waals surface area contributed by atoms with Crippen LogP contribution in [0.5, 0.6) is 0 Å². The molecule has 5 nitrogen and oxygen atoms in total. The Hall–Kier alpha value is -2.41. The molecule has 0 bridgehead atoms. The molecule has 0 saturated heterocycles. The van der Waals surface area contributed by atoms with Crippen LogP contribution in [0.4, 0.5) is 10.1 Å². The van der Waals surface area contributed by atoms with E-state index in [-0.39, 0.29) is 17.8 Å². The third-order valence-corrected chi connectivity index (χ3v) is 5.71. The maximum Gasteiger partial charge on any atom is 0.251 e. The van der Waals surface area contributed by atoms with Gasteiger partial charge in [-0.1, -0.05) is 12.1 Å². The Morgan fingerprint density at radius 3 is 2.73 bits per heavy atom. The van der Waals surface area contributed by atoms with Gasteiger partial charge in [-0.15, -0.1) is 0 Å². The van der Waals surface area contributed by atoms with E-state index >= 15 is 0 Å². The van der Waals surface area contributed by atoms with E-state index in [2.05, 4.69) is 5.32 Å². The normalized spacial score (nSPS) is 16.4. The molecule has 0 radical (unpaired) electrons. The maximum absolute atomic E-state index is 13.2. The van der Waals surface area contributed by atoms with Gasteiger partial charge in [-0.2, -0.15) is 0 Å². The minimum Gasteiger partial charge on any atom is -0.352 e. The lowest BCUT2D eigenvalue weighted by Gasteiger charge is -2.21. The predicted molar refractivity (Wildman–Crippen MR) is 99.4 cm³/mol. The molecular formula is C19H21FN2O3S. The van der Waals surface area contributed by atoms with Crippen LogP contribution in [0.1, 0.15) is 28.4 Å². The van der Waals surface area contributed by atoms with Gasteiger partial charge in [0.15, 0.2) is 0 Å². The lowest BCUT2D eigenvalue weighted by molar-refractivity contribution is 0.0954. The predicted octanol–water partition coefficient (Wildman–Crippen LogP) is 2.51. The zero-order chi connectivity index (χ0) is 18.9. The second kappa shape index (κ2) is 7.07. The highest BCUT2D eigenvalue weighted by Gasteiger charge is 2.32. The van der Waals surface area contributed by atoms with E-state index in [4.69, 9.17) is 0 Å². The highest BCUT2D eigenvalue weighted by molar-refractivity contribution is 7.92. The van der Waals surface area contributed by atoms with Gasteiger partial charge < -0.3 is 5.32 Å². The number of carbonyl (C=O) groups is 1. The summed E-state index contributed by atoms with van der Waals surface area (Å²) >= 11 is 0. The highest BCUT2D eigenvalue weighted by atomic mass is 32.2. The van der Waals surface area contributed by atoms with E-state index in [1.165, 1.54) is 22.7 Å². The molecule has 26 heavy (non-hydrogen) atoms. The summed E-state index contributed by atoms with van der Waals surface area (Å²) in [5.74, 6) is -0.522. The average molecular weight is 376 g/mol. The van der Waals surface area contributed by atoms with Crippen LogP contribution < -0.4 is 9.62 Å². The summed E-state index contributed by atoms with van der Waals surface area (Å²) in [5.41, 5.74) is 2.79. The molecule has 1 aliphatic rings. The van der Waals surface area contributed by atoms with Crippen molar-refractivity contribution in [1.82, 2.24) is 5.32 Å². The van der Waals surface area contributed by atoms with Crippen molar-refractivity contribution in [3.05, 3.63) is 65.0 Å². The molecule has 1 aliphatic heterocycles. The number of halogens is 1. The molecule has 138 valence electrons. The van der Waals surface area contributed by atoms with Crippen molar-refractivity contribution in [3.8, 4) is 0 Å². The Labute approximate surface area is 152 Å². The Morgan fingerprint density at radius 2 is 2.04 bits per heavy atom. The average Bonchev–Trinajstić information content (AvgIpc) is 2.89. The number of benzene rings is 2. The van der Waals surface area contributed by atoms with Gasteiger partial charge in [0.2, 0.25) is 10.0 Å². The number of anilines is 1. The van der Waals surface area contributed by atoms with Crippen LogP contribution in [0.2, 0.25) is 0 Å². The van der Waals surface area contributed by atoms with Crippen LogP contribution in [0, 0.1) is 5.82 Å². The number of nitrogens with zero attached hydrogens (tertiary/aromatic N) is 1. The molecule has 0 unspecified atom stereocenters. The molecule has 0 saturated carbocycles. The molecule has 1 amide bonds. The van der Waals surface area contributed by atoms with Crippen molar-refractivity contribution in [2.24, 2.45) is 0 Å². The third kappa shape index (κ3) is 3.88. The van der Waals surface area contributed by atoms with Gasteiger partial charge in [0, 0.05) is 18.2 Å². The summed E-state index contributed by atoms with van der Waals surface area (Å²) in [7, 11) is -3.34. The summed E-state index contributed by atoms with van der Waals surface area (Å²) in [6, 6.07) is 11.2. The summed E-state index contributed by atoms with van der Waals surface area (Å²) < 4.78 is 38.4. The topological polar surface area (TPSA) is 66.5 Å². The van der Waals surface area contributed by atoms with Gasteiger partial charge in [0.25, 0.3) is 5.91 Å². The first-order valence-corrected chi connectivity index (χ1v) is 10.3.